The summed E-state index contributed by atoms with van der Waals surface area (Å²) in [6, 6.07) is 9.88. The van der Waals surface area contributed by atoms with E-state index in [-0.39, 0.29) is 12.5 Å². The molecule has 1 aliphatic heterocycles. The molecule has 1 aliphatic rings. The predicted octanol–water partition coefficient (Wildman–Crippen LogP) is -0.256. The van der Waals surface area contributed by atoms with Gasteiger partial charge in [0.1, 0.15) is 0 Å². The van der Waals surface area contributed by atoms with E-state index in [1.807, 2.05) is 52.0 Å². The Balaban J connectivity index is 1.70. The lowest BCUT2D eigenvalue weighted by atomic mass is 10.2. The molecule has 0 spiro atoms. The molecule has 31 heavy (non-hydrogen) atoms. The maximum atomic E-state index is 12.6. The minimum Gasteiger partial charge on any atom is -0.369 e. The number of nitrogens with one attached hydrogen (secondary N) is 1. The molecule has 0 saturated carbocycles. The van der Waals surface area contributed by atoms with E-state index in [9.17, 15) is 14.4 Å². The maximum Gasteiger partial charge on any atom is 0.329 e. The zero-order valence-corrected chi connectivity index (χ0v) is 17.3. The average Bonchev–Trinajstić information content (AvgIpc) is 3.13. The van der Waals surface area contributed by atoms with Gasteiger partial charge in [0.25, 0.3) is 5.56 Å². The van der Waals surface area contributed by atoms with Crippen LogP contribution in [0.4, 0.5) is 5.95 Å². The molecule has 0 radical (unpaired) electrons. The van der Waals surface area contributed by atoms with Crippen molar-refractivity contribution in [3.05, 3.63) is 62.8 Å². The van der Waals surface area contributed by atoms with Gasteiger partial charge in [-0.25, -0.2) is 4.79 Å². The number of hydrogen-bond acceptors (Lipinski definition) is 6. The first kappa shape index (κ1) is 20.6. The van der Waals surface area contributed by atoms with E-state index in [2.05, 4.69) is 14.9 Å². The molecule has 1 aromatic carbocycles. The standard InChI is InChI=1S/C21H25N7O3/c1-25-18-17(19(30)24-21(25)31)28(9-5-8-15-6-3-2-4-7-15)20(23-18)27-12-10-26(11-13-27)14-16(22)29/h2-8H,9-14H2,1H3,(H2,22,29)(H,24,30,31)/b8-5+. The van der Waals surface area contributed by atoms with Crippen LogP contribution in [-0.2, 0) is 18.4 Å². The van der Waals surface area contributed by atoms with Gasteiger partial charge in [0.05, 0.1) is 6.54 Å². The van der Waals surface area contributed by atoms with Crippen molar-refractivity contribution in [3.8, 4) is 0 Å². The van der Waals surface area contributed by atoms with Gasteiger partial charge in [-0.2, -0.15) is 4.98 Å². The van der Waals surface area contributed by atoms with E-state index in [1.54, 1.807) is 7.05 Å². The van der Waals surface area contributed by atoms with E-state index in [1.165, 1.54) is 4.57 Å². The van der Waals surface area contributed by atoms with Crippen LogP contribution in [0.5, 0.6) is 0 Å². The lowest BCUT2D eigenvalue weighted by molar-refractivity contribution is -0.119. The molecule has 4 rings (SSSR count). The molecule has 0 bridgehead atoms. The number of hydrogen-bond donors (Lipinski definition) is 2. The fourth-order valence-corrected chi connectivity index (χ4v) is 3.82. The number of aryl methyl sites for hydroxylation is 1. The number of piperazine rings is 1. The highest BCUT2D eigenvalue weighted by atomic mass is 16.2. The molecule has 10 nitrogen and oxygen atoms in total. The van der Waals surface area contributed by atoms with Crippen molar-refractivity contribution in [2.75, 3.05) is 37.6 Å². The quantitative estimate of drug-likeness (QED) is 0.564. The summed E-state index contributed by atoms with van der Waals surface area (Å²) in [6.45, 7) is 3.21. The zero-order chi connectivity index (χ0) is 22.0. The van der Waals surface area contributed by atoms with Crippen molar-refractivity contribution in [3.63, 3.8) is 0 Å². The maximum absolute atomic E-state index is 12.6. The molecule has 10 heteroatoms. The highest BCUT2D eigenvalue weighted by Crippen LogP contribution is 2.21. The number of carbonyl (C=O) groups excluding carboxylic acids is 1. The van der Waals surface area contributed by atoms with Crippen LogP contribution in [0.3, 0.4) is 0 Å². The van der Waals surface area contributed by atoms with Crippen LogP contribution in [0, 0.1) is 0 Å². The molecule has 3 heterocycles. The van der Waals surface area contributed by atoms with Gasteiger partial charge in [-0.1, -0.05) is 42.5 Å². The Morgan fingerprint density at radius 3 is 2.55 bits per heavy atom. The minimum absolute atomic E-state index is 0.220. The summed E-state index contributed by atoms with van der Waals surface area (Å²) in [5, 5.41) is 0. The normalized spacial score (nSPS) is 15.2. The molecule has 0 atom stereocenters. The fourth-order valence-electron chi connectivity index (χ4n) is 3.82. The first-order valence-electron chi connectivity index (χ1n) is 10.1. The van der Waals surface area contributed by atoms with Crippen molar-refractivity contribution in [1.82, 2.24) is 24.0 Å². The summed E-state index contributed by atoms with van der Waals surface area (Å²) in [6.07, 6.45) is 3.95. The number of anilines is 1. The van der Waals surface area contributed by atoms with Crippen molar-refractivity contribution in [2.24, 2.45) is 12.8 Å². The van der Waals surface area contributed by atoms with E-state index in [0.29, 0.717) is 49.8 Å². The minimum atomic E-state index is -0.500. The van der Waals surface area contributed by atoms with Crippen LogP contribution in [0.25, 0.3) is 17.2 Å². The first-order chi connectivity index (χ1) is 14.9. The molecule has 1 fully saturated rings. The third-order valence-electron chi connectivity index (χ3n) is 5.42. The van der Waals surface area contributed by atoms with Gasteiger partial charge in [-0.15, -0.1) is 0 Å². The smallest absolute Gasteiger partial charge is 0.329 e. The number of H-pyrrole nitrogens is 1. The van der Waals surface area contributed by atoms with Gasteiger partial charge in [0.2, 0.25) is 11.9 Å². The summed E-state index contributed by atoms with van der Waals surface area (Å²) < 4.78 is 3.18. The number of primary amides is 1. The van der Waals surface area contributed by atoms with Crippen molar-refractivity contribution >= 4 is 29.1 Å². The molecule has 162 valence electrons. The van der Waals surface area contributed by atoms with Gasteiger partial charge >= 0.3 is 5.69 Å². The third-order valence-corrected chi connectivity index (χ3v) is 5.42. The summed E-state index contributed by atoms with van der Waals surface area (Å²) in [5.74, 6) is 0.270. The van der Waals surface area contributed by atoms with Crippen LogP contribution in [-0.4, -0.2) is 62.6 Å². The monoisotopic (exact) mass is 423 g/mol. The van der Waals surface area contributed by atoms with Crippen LogP contribution < -0.4 is 21.9 Å². The number of imidazole rings is 1. The Morgan fingerprint density at radius 1 is 1.16 bits per heavy atom. The van der Waals surface area contributed by atoms with E-state index in [0.717, 1.165) is 5.56 Å². The van der Waals surface area contributed by atoms with Gasteiger partial charge in [0, 0.05) is 39.8 Å². The van der Waals surface area contributed by atoms with Crippen LogP contribution in [0.15, 0.2) is 46.0 Å². The largest absolute Gasteiger partial charge is 0.369 e. The molecule has 1 amide bonds. The summed E-state index contributed by atoms with van der Waals surface area (Å²) >= 11 is 0. The number of allylic oxidation sites excluding steroid dienone is 1. The number of nitrogens with zero attached hydrogens (tertiary/aromatic N) is 5. The number of nitrogens with two attached hydrogens (primary N) is 1. The molecule has 3 aromatic rings. The fraction of sp³-hybridized carbons (Fsp3) is 0.333. The number of amides is 1. The number of aromatic nitrogens is 4. The highest BCUT2D eigenvalue weighted by molar-refractivity contribution is 5.76. The molecule has 0 aliphatic carbocycles. The van der Waals surface area contributed by atoms with Gasteiger partial charge in [-0.05, 0) is 5.56 Å². The van der Waals surface area contributed by atoms with E-state index >= 15 is 0 Å². The van der Waals surface area contributed by atoms with Crippen LogP contribution >= 0.6 is 0 Å². The average molecular weight is 423 g/mol. The second kappa shape index (κ2) is 8.60. The Morgan fingerprint density at radius 2 is 1.87 bits per heavy atom. The number of benzene rings is 1. The second-order valence-electron chi connectivity index (χ2n) is 7.56. The van der Waals surface area contributed by atoms with Gasteiger partial charge < -0.3 is 15.2 Å². The number of carbonyl (C=O) groups is 1. The van der Waals surface area contributed by atoms with Crippen molar-refractivity contribution in [1.29, 1.82) is 0 Å². The summed E-state index contributed by atoms with van der Waals surface area (Å²) in [4.78, 5) is 47.0. The Labute approximate surface area is 178 Å². The third kappa shape index (κ3) is 4.29. The number of rotatable bonds is 6. The van der Waals surface area contributed by atoms with Crippen molar-refractivity contribution < 1.29 is 4.79 Å². The van der Waals surface area contributed by atoms with Gasteiger partial charge in [0.15, 0.2) is 11.2 Å². The lowest BCUT2D eigenvalue weighted by Gasteiger charge is -2.34. The Kier molecular flexibility index (Phi) is 5.72. The summed E-state index contributed by atoms with van der Waals surface area (Å²) in [7, 11) is 1.59. The Hall–Kier alpha value is -3.66. The first-order valence-corrected chi connectivity index (χ1v) is 10.1. The lowest BCUT2D eigenvalue weighted by Crippen LogP contribution is -2.49. The molecular weight excluding hydrogens is 398 g/mol. The number of aromatic amines is 1. The number of fused-ring (bicyclic) bond motifs is 1. The van der Waals surface area contributed by atoms with Crippen LogP contribution in [0.1, 0.15) is 5.56 Å². The molecular formula is C21H25N7O3. The van der Waals surface area contributed by atoms with Crippen molar-refractivity contribution in [2.45, 2.75) is 6.54 Å². The molecule has 0 unspecified atom stereocenters. The van der Waals surface area contributed by atoms with Crippen LogP contribution in [0.2, 0.25) is 0 Å². The van der Waals surface area contributed by atoms with E-state index < -0.39 is 11.2 Å². The van der Waals surface area contributed by atoms with E-state index in [4.69, 9.17) is 5.73 Å². The highest BCUT2D eigenvalue weighted by Gasteiger charge is 2.25. The molecule has 2 aromatic heterocycles. The molecule has 3 N–H and O–H groups in total. The SMILES string of the molecule is Cn1c(=O)[nH]c(=O)c2c1nc(N1CCN(CC(N)=O)CC1)n2C/C=C/c1ccccc1. The van der Waals surface area contributed by atoms with Gasteiger partial charge in [-0.3, -0.25) is 24.0 Å². The zero-order valence-electron chi connectivity index (χ0n) is 17.3. The molecule has 1 saturated heterocycles. The summed E-state index contributed by atoms with van der Waals surface area (Å²) in [5.41, 5.74) is 6.10. The predicted molar refractivity (Wildman–Crippen MR) is 119 cm³/mol. The Bertz CT molecular complexity index is 1230. The second-order valence-corrected chi connectivity index (χ2v) is 7.56. The topological polar surface area (TPSA) is 122 Å².